The molecule has 0 unspecified atom stereocenters. The first kappa shape index (κ1) is 18.9. The van der Waals surface area contributed by atoms with Crippen LogP contribution in [0.25, 0.3) is 16.0 Å². The first-order valence-electron chi connectivity index (χ1n) is 10.2. The van der Waals surface area contributed by atoms with Crippen LogP contribution in [0.3, 0.4) is 0 Å². The molecular formula is C23H19N5O3S. The Balaban J connectivity index is 1.43. The number of hydrogen-bond donors (Lipinski definition) is 0. The summed E-state index contributed by atoms with van der Waals surface area (Å²) < 4.78 is 15.2. The highest BCUT2D eigenvalue weighted by molar-refractivity contribution is 7.17. The van der Waals surface area contributed by atoms with Crippen molar-refractivity contribution in [2.75, 3.05) is 11.7 Å². The van der Waals surface area contributed by atoms with E-state index >= 15 is 0 Å². The van der Waals surface area contributed by atoms with Crippen LogP contribution >= 0.6 is 11.3 Å². The topological polar surface area (TPSA) is 73.9 Å². The Morgan fingerprint density at radius 3 is 2.75 bits per heavy atom. The second-order valence-electron chi connectivity index (χ2n) is 7.63. The molecule has 8 nitrogen and oxygen atoms in total. The highest BCUT2D eigenvalue weighted by atomic mass is 32.1. The lowest BCUT2D eigenvalue weighted by Gasteiger charge is -2.24. The van der Waals surface area contributed by atoms with Crippen LogP contribution in [0.2, 0.25) is 0 Å². The Hall–Kier alpha value is -3.85. The van der Waals surface area contributed by atoms with Crippen molar-refractivity contribution >= 4 is 33.0 Å². The van der Waals surface area contributed by atoms with Gasteiger partial charge in [0.2, 0.25) is 12.6 Å². The number of aromatic nitrogens is 4. The Morgan fingerprint density at radius 2 is 1.88 bits per heavy atom. The third-order valence-corrected chi connectivity index (χ3v) is 6.55. The molecule has 0 saturated carbocycles. The molecule has 3 aromatic heterocycles. The lowest BCUT2D eigenvalue weighted by molar-refractivity contribution is 0.174. The number of para-hydroxylation sites is 1. The third-order valence-electron chi connectivity index (χ3n) is 5.66. The number of fused-ring (bicyclic) bond motifs is 4. The van der Waals surface area contributed by atoms with Gasteiger partial charge in [-0.2, -0.15) is 0 Å². The minimum atomic E-state index is -0.0540. The third kappa shape index (κ3) is 3.01. The summed E-state index contributed by atoms with van der Waals surface area (Å²) in [6, 6.07) is 18.1. The molecule has 0 bridgehead atoms. The lowest BCUT2D eigenvalue weighted by atomic mass is 10.1. The van der Waals surface area contributed by atoms with E-state index in [1.807, 2.05) is 52.2 Å². The number of nitrogens with zero attached hydrogens (tertiary/aromatic N) is 5. The maximum atomic E-state index is 12.7. The number of benzene rings is 2. The van der Waals surface area contributed by atoms with Gasteiger partial charge in [-0.1, -0.05) is 24.3 Å². The van der Waals surface area contributed by atoms with Gasteiger partial charge in [0.1, 0.15) is 4.70 Å². The van der Waals surface area contributed by atoms with Crippen LogP contribution in [0.1, 0.15) is 11.4 Å². The van der Waals surface area contributed by atoms with Crippen LogP contribution in [-0.4, -0.2) is 26.0 Å². The molecule has 0 atom stereocenters. The van der Waals surface area contributed by atoms with E-state index in [0.717, 1.165) is 34.1 Å². The van der Waals surface area contributed by atoms with Gasteiger partial charge in [0.15, 0.2) is 17.3 Å². The summed E-state index contributed by atoms with van der Waals surface area (Å²) >= 11 is 1.44. The highest BCUT2D eigenvalue weighted by Crippen LogP contribution is 2.33. The Bertz CT molecular complexity index is 1510. The van der Waals surface area contributed by atoms with Crippen LogP contribution in [0.5, 0.6) is 11.5 Å². The summed E-state index contributed by atoms with van der Waals surface area (Å²) in [7, 11) is 1.73. The van der Waals surface area contributed by atoms with Gasteiger partial charge in [-0.05, 0) is 41.3 Å². The second kappa shape index (κ2) is 7.38. The Morgan fingerprint density at radius 1 is 1.03 bits per heavy atom. The molecule has 5 aromatic rings. The fourth-order valence-electron chi connectivity index (χ4n) is 4.06. The van der Waals surface area contributed by atoms with Crippen molar-refractivity contribution < 1.29 is 9.47 Å². The molecular weight excluding hydrogens is 426 g/mol. The minimum absolute atomic E-state index is 0.0540. The van der Waals surface area contributed by atoms with Gasteiger partial charge in [0.25, 0.3) is 5.56 Å². The van der Waals surface area contributed by atoms with Crippen LogP contribution < -0.4 is 19.9 Å². The van der Waals surface area contributed by atoms with Crippen molar-refractivity contribution in [1.29, 1.82) is 0 Å². The predicted molar refractivity (Wildman–Crippen MR) is 123 cm³/mol. The molecule has 0 N–H and O–H groups in total. The standard InChI is InChI=1S/C23H19N5O3S/c1-26-22(29)21-17(9-10-32-21)28-20(24-25-23(26)28)13-27(16-5-3-2-4-6-16)12-15-7-8-18-19(11-15)31-14-30-18/h2-11H,12-14H2,1H3. The zero-order valence-corrected chi connectivity index (χ0v) is 18.1. The van der Waals surface area contributed by atoms with E-state index in [4.69, 9.17) is 9.47 Å². The van der Waals surface area contributed by atoms with E-state index in [9.17, 15) is 4.79 Å². The number of hydrogen-bond acceptors (Lipinski definition) is 7. The zero-order valence-electron chi connectivity index (χ0n) is 17.3. The predicted octanol–water partition coefficient (Wildman–Crippen LogP) is 3.58. The van der Waals surface area contributed by atoms with Gasteiger partial charge in [-0.3, -0.25) is 13.8 Å². The molecule has 1 aliphatic heterocycles. The first-order chi connectivity index (χ1) is 15.7. The van der Waals surface area contributed by atoms with Gasteiger partial charge in [-0.25, -0.2) is 0 Å². The quantitative estimate of drug-likeness (QED) is 0.412. The largest absolute Gasteiger partial charge is 0.454 e. The maximum absolute atomic E-state index is 12.7. The molecule has 2 aromatic carbocycles. The molecule has 0 aliphatic carbocycles. The monoisotopic (exact) mass is 445 g/mol. The van der Waals surface area contributed by atoms with Crippen molar-refractivity contribution in [3.63, 3.8) is 0 Å². The van der Waals surface area contributed by atoms with Crippen molar-refractivity contribution in [2.24, 2.45) is 7.05 Å². The van der Waals surface area contributed by atoms with Gasteiger partial charge < -0.3 is 14.4 Å². The smallest absolute Gasteiger partial charge is 0.272 e. The molecule has 0 amide bonds. The zero-order chi connectivity index (χ0) is 21.7. The number of ether oxygens (including phenoxy) is 2. The Labute approximate surface area is 186 Å². The van der Waals surface area contributed by atoms with Crippen LogP contribution in [0.4, 0.5) is 5.69 Å². The summed E-state index contributed by atoms with van der Waals surface area (Å²) in [6.07, 6.45) is 0. The van der Waals surface area contributed by atoms with E-state index in [1.165, 1.54) is 11.3 Å². The maximum Gasteiger partial charge on any atom is 0.272 e. The Kier molecular flexibility index (Phi) is 4.36. The summed E-state index contributed by atoms with van der Waals surface area (Å²) in [5.74, 6) is 2.83. The minimum Gasteiger partial charge on any atom is -0.454 e. The molecule has 0 fully saturated rings. The normalized spacial score (nSPS) is 12.7. The van der Waals surface area contributed by atoms with Gasteiger partial charge in [-0.15, -0.1) is 21.5 Å². The van der Waals surface area contributed by atoms with E-state index in [1.54, 1.807) is 11.6 Å². The summed E-state index contributed by atoms with van der Waals surface area (Å²) in [5.41, 5.74) is 2.94. The molecule has 6 rings (SSSR count). The second-order valence-corrected chi connectivity index (χ2v) is 8.55. The fraction of sp³-hybridized carbons (Fsp3) is 0.174. The van der Waals surface area contributed by atoms with Crippen molar-refractivity contribution in [2.45, 2.75) is 13.1 Å². The van der Waals surface area contributed by atoms with Crippen LogP contribution in [-0.2, 0) is 20.1 Å². The van der Waals surface area contributed by atoms with Crippen molar-refractivity contribution in [3.05, 3.63) is 81.7 Å². The van der Waals surface area contributed by atoms with E-state index in [-0.39, 0.29) is 12.4 Å². The van der Waals surface area contributed by atoms with Crippen LogP contribution in [0.15, 0.2) is 64.8 Å². The summed E-state index contributed by atoms with van der Waals surface area (Å²) in [5, 5.41) is 10.7. The van der Waals surface area contributed by atoms with Crippen molar-refractivity contribution in [1.82, 2.24) is 19.2 Å². The molecule has 0 saturated heterocycles. The van der Waals surface area contributed by atoms with Crippen LogP contribution in [0, 0.1) is 0 Å². The highest BCUT2D eigenvalue weighted by Gasteiger charge is 2.20. The molecule has 160 valence electrons. The first-order valence-corrected chi connectivity index (χ1v) is 11.1. The SMILES string of the molecule is Cn1c(=O)c2sccc2n2c(CN(Cc3ccc4c(c3)OCO4)c3ccccc3)nnc12. The average molecular weight is 446 g/mol. The summed E-state index contributed by atoms with van der Waals surface area (Å²) in [4.78, 5) is 14.9. The van der Waals surface area contributed by atoms with Crippen molar-refractivity contribution in [3.8, 4) is 11.5 Å². The fourth-order valence-corrected chi connectivity index (χ4v) is 4.91. The van der Waals surface area contributed by atoms with Gasteiger partial charge in [0.05, 0.1) is 12.1 Å². The number of thiophene rings is 1. The number of anilines is 1. The molecule has 9 heteroatoms. The van der Waals surface area contributed by atoms with E-state index in [0.29, 0.717) is 23.6 Å². The van der Waals surface area contributed by atoms with Gasteiger partial charge >= 0.3 is 0 Å². The molecule has 0 spiro atoms. The van der Waals surface area contributed by atoms with E-state index in [2.05, 4.69) is 27.2 Å². The lowest BCUT2D eigenvalue weighted by Crippen LogP contribution is -2.24. The number of rotatable bonds is 5. The average Bonchev–Trinajstić information content (AvgIpc) is 3.56. The number of aryl methyl sites for hydroxylation is 1. The molecule has 1 aliphatic rings. The molecule has 4 heterocycles. The van der Waals surface area contributed by atoms with E-state index < -0.39 is 0 Å². The molecule has 32 heavy (non-hydrogen) atoms. The molecule has 0 radical (unpaired) electrons. The summed E-state index contributed by atoms with van der Waals surface area (Å²) in [6.45, 7) is 1.42. The van der Waals surface area contributed by atoms with Gasteiger partial charge in [0, 0.05) is 19.3 Å².